The van der Waals surface area contributed by atoms with Gasteiger partial charge in [0.25, 0.3) is 0 Å². The van der Waals surface area contributed by atoms with E-state index in [1.165, 1.54) is 5.56 Å². The molecule has 1 aromatic heterocycles. The minimum atomic E-state index is 0.349. The predicted molar refractivity (Wildman–Crippen MR) is 76.5 cm³/mol. The Labute approximate surface area is 111 Å². The standard InChI is InChI=1S/C16H14N2O/c1-11-7-9-13(10-8-11)15-14(16(17)19-18-15)12-5-3-2-4-6-12/h2-10H,17H2,1H3. The van der Waals surface area contributed by atoms with Crippen molar-refractivity contribution in [2.75, 3.05) is 5.73 Å². The van der Waals surface area contributed by atoms with E-state index in [0.29, 0.717) is 5.88 Å². The van der Waals surface area contributed by atoms with E-state index < -0.39 is 0 Å². The SMILES string of the molecule is Cc1ccc(-c2noc(N)c2-c2ccccc2)cc1. The van der Waals surface area contributed by atoms with Crippen LogP contribution in [0.15, 0.2) is 59.1 Å². The smallest absolute Gasteiger partial charge is 0.230 e. The molecule has 3 aromatic rings. The molecule has 0 atom stereocenters. The molecule has 19 heavy (non-hydrogen) atoms. The third kappa shape index (κ3) is 2.10. The average molecular weight is 250 g/mol. The van der Waals surface area contributed by atoms with Crippen LogP contribution in [0.25, 0.3) is 22.4 Å². The van der Waals surface area contributed by atoms with E-state index in [2.05, 4.69) is 24.2 Å². The Morgan fingerprint density at radius 2 is 1.58 bits per heavy atom. The highest BCUT2D eigenvalue weighted by atomic mass is 16.5. The molecule has 94 valence electrons. The molecule has 3 rings (SSSR count). The van der Waals surface area contributed by atoms with Gasteiger partial charge >= 0.3 is 0 Å². The van der Waals surface area contributed by atoms with Crippen molar-refractivity contribution < 1.29 is 4.52 Å². The van der Waals surface area contributed by atoms with Crippen molar-refractivity contribution in [1.82, 2.24) is 5.16 Å². The fourth-order valence-corrected chi connectivity index (χ4v) is 2.10. The molecule has 2 N–H and O–H groups in total. The van der Waals surface area contributed by atoms with Gasteiger partial charge in [0.15, 0.2) is 0 Å². The van der Waals surface area contributed by atoms with E-state index in [0.717, 1.165) is 22.4 Å². The lowest BCUT2D eigenvalue weighted by Crippen LogP contribution is -1.87. The van der Waals surface area contributed by atoms with Crippen molar-refractivity contribution in [2.45, 2.75) is 6.92 Å². The van der Waals surface area contributed by atoms with Crippen molar-refractivity contribution >= 4 is 5.88 Å². The number of nitrogens with zero attached hydrogens (tertiary/aromatic N) is 1. The first kappa shape index (κ1) is 11.5. The van der Waals surface area contributed by atoms with Gasteiger partial charge in [-0.25, -0.2) is 0 Å². The fraction of sp³-hybridized carbons (Fsp3) is 0.0625. The van der Waals surface area contributed by atoms with Gasteiger partial charge in [-0.3, -0.25) is 0 Å². The summed E-state index contributed by atoms with van der Waals surface area (Å²) in [5.41, 5.74) is 10.8. The van der Waals surface area contributed by atoms with Crippen LogP contribution in [0.4, 0.5) is 5.88 Å². The van der Waals surface area contributed by atoms with Gasteiger partial charge in [-0.15, -0.1) is 0 Å². The van der Waals surface area contributed by atoms with Gasteiger partial charge < -0.3 is 10.3 Å². The summed E-state index contributed by atoms with van der Waals surface area (Å²) in [6.07, 6.45) is 0. The minimum absolute atomic E-state index is 0.349. The van der Waals surface area contributed by atoms with Gasteiger partial charge in [0, 0.05) is 5.56 Å². The molecular formula is C16H14N2O. The van der Waals surface area contributed by atoms with Crippen LogP contribution in [0.5, 0.6) is 0 Å². The van der Waals surface area contributed by atoms with Crippen LogP contribution in [-0.2, 0) is 0 Å². The maximum Gasteiger partial charge on any atom is 0.230 e. The molecule has 0 unspecified atom stereocenters. The predicted octanol–water partition coefficient (Wildman–Crippen LogP) is 3.90. The molecule has 3 nitrogen and oxygen atoms in total. The molecule has 0 spiro atoms. The van der Waals surface area contributed by atoms with Gasteiger partial charge in [-0.2, -0.15) is 0 Å². The van der Waals surface area contributed by atoms with Crippen LogP contribution in [0.3, 0.4) is 0 Å². The van der Waals surface area contributed by atoms with E-state index in [4.69, 9.17) is 10.3 Å². The quantitative estimate of drug-likeness (QED) is 0.750. The number of hydrogen-bond donors (Lipinski definition) is 1. The molecule has 0 amide bonds. The lowest BCUT2D eigenvalue weighted by molar-refractivity contribution is 0.439. The van der Waals surface area contributed by atoms with Crippen LogP contribution in [0, 0.1) is 6.92 Å². The Balaban J connectivity index is 2.16. The molecule has 0 aliphatic carbocycles. The Morgan fingerprint density at radius 1 is 0.895 bits per heavy atom. The molecule has 1 heterocycles. The van der Waals surface area contributed by atoms with Crippen molar-refractivity contribution in [3.8, 4) is 22.4 Å². The summed E-state index contributed by atoms with van der Waals surface area (Å²) < 4.78 is 5.16. The van der Waals surface area contributed by atoms with Gasteiger partial charge in [0.2, 0.25) is 5.88 Å². The van der Waals surface area contributed by atoms with Crippen molar-refractivity contribution in [3.63, 3.8) is 0 Å². The van der Waals surface area contributed by atoms with E-state index in [9.17, 15) is 0 Å². The topological polar surface area (TPSA) is 52.0 Å². The zero-order chi connectivity index (χ0) is 13.2. The molecule has 0 aliphatic rings. The molecular weight excluding hydrogens is 236 g/mol. The highest BCUT2D eigenvalue weighted by molar-refractivity contribution is 5.86. The monoisotopic (exact) mass is 250 g/mol. The summed E-state index contributed by atoms with van der Waals surface area (Å²) in [5, 5.41) is 4.09. The van der Waals surface area contributed by atoms with Gasteiger partial charge in [0.05, 0.1) is 5.56 Å². The van der Waals surface area contributed by atoms with Gasteiger partial charge in [-0.05, 0) is 12.5 Å². The summed E-state index contributed by atoms with van der Waals surface area (Å²) >= 11 is 0. The molecule has 3 heteroatoms. The first-order chi connectivity index (χ1) is 9.25. The highest BCUT2D eigenvalue weighted by Gasteiger charge is 2.16. The van der Waals surface area contributed by atoms with Crippen molar-refractivity contribution in [1.29, 1.82) is 0 Å². The van der Waals surface area contributed by atoms with Crippen LogP contribution < -0.4 is 5.73 Å². The number of hydrogen-bond acceptors (Lipinski definition) is 3. The van der Waals surface area contributed by atoms with Crippen molar-refractivity contribution in [2.24, 2.45) is 0 Å². The highest BCUT2D eigenvalue weighted by Crippen LogP contribution is 2.35. The zero-order valence-electron chi connectivity index (χ0n) is 10.6. The second-order valence-electron chi connectivity index (χ2n) is 4.50. The number of nitrogen functional groups attached to an aromatic ring is 1. The number of nitrogens with two attached hydrogens (primary N) is 1. The fourth-order valence-electron chi connectivity index (χ4n) is 2.10. The largest absolute Gasteiger partial charge is 0.367 e. The van der Waals surface area contributed by atoms with E-state index >= 15 is 0 Å². The molecule has 0 bridgehead atoms. The summed E-state index contributed by atoms with van der Waals surface area (Å²) in [7, 11) is 0. The summed E-state index contributed by atoms with van der Waals surface area (Å²) in [6.45, 7) is 2.05. The summed E-state index contributed by atoms with van der Waals surface area (Å²) in [6, 6.07) is 18.1. The van der Waals surface area contributed by atoms with Crippen LogP contribution in [0.1, 0.15) is 5.56 Å². The molecule has 0 saturated carbocycles. The Kier molecular flexibility index (Phi) is 2.80. The number of rotatable bonds is 2. The number of aromatic nitrogens is 1. The third-order valence-electron chi connectivity index (χ3n) is 3.11. The second-order valence-corrected chi connectivity index (χ2v) is 4.50. The third-order valence-corrected chi connectivity index (χ3v) is 3.11. The van der Waals surface area contributed by atoms with Crippen LogP contribution >= 0.6 is 0 Å². The zero-order valence-corrected chi connectivity index (χ0v) is 10.6. The lowest BCUT2D eigenvalue weighted by Gasteiger charge is -2.03. The molecule has 2 aromatic carbocycles. The molecule has 0 saturated heterocycles. The Bertz CT molecular complexity index is 685. The van der Waals surface area contributed by atoms with E-state index in [1.807, 2.05) is 42.5 Å². The summed E-state index contributed by atoms with van der Waals surface area (Å²) in [4.78, 5) is 0. The number of aryl methyl sites for hydroxylation is 1. The minimum Gasteiger partial charge on any atom is -0.367 e. The first-order valence-corrected chi connectivity index (χ1v) is 6.13. The maximum absolute atomic E-state index is 5.91. The molecule has 0 aliphatic heterocycles. The van der Waals surface area contributed by atoms with Gasteiger partial charge in [-0.1, -0.05) is 65.3 Å². The van der Waals surface area contributed by atoms with Gasteiger partial charge in [0.1, 0.15) is 5.69 Å². The maximum atomic E-state index is 5.91. The van der Waals surface area contributed by atoms with E-state index in [-0.39, 0.29) is 0 Å². The number of benzene rings is 2. The Morgan fingerprint density at radius 3 is 2.26 bits per heavy atom. The van der Waals surface area contributed by atoms with Crippen LogP contribution in [-0.4, -0.2) is 5.16 Å². The molecule has 0 fully saturated rings. The first-order valence-electron chi connectivity index (χ1n) is 6.13. The summed E-state index contributed by atoms with van der Waals surface area (Å²) in [5.74, 6) is 0.349. The van der Waals surface area contributed by atoms with Crippen molar-refractivity contribution in [3.05, 3.63) is 60.2 Å². The molecule has 0 radical (unpaired) electrons. The van der Waals surface area contributed by atoms with Crippen LogP contribution in [0.2, 0.25) is 0 Å². The Hall–Kier alpha value is -2.55. The average Bonchev–Trinajstić information content (AvgIpc) is 2.82. The normalized spacial score (nSPS) is 10.6. The number of anilines is 1. The van der Waals surface area contributed by atoms with E-state index in [1.54, 1.807) is 0 Å². The lowest BCUT2D eigenvalue weighted by atomic mass is 10.0. The second kappa shape index (κ2) is 4.61.